The third-order valence-corrected chi connectivity index (χ3v) is 4.72. The maximum absolute atomic E-state index is 11.7. The van der Waals surface area contributed by atoms with E-state index in [0.29, 0.717) is 5.92 Å². The largest absolute Gasteiger partial charge is 0.469 e. The Morgan fingerprint density at radius 2 is 2.24 bits per heavy atom. The molecule has 0 saturated heterocycles. The fourth-order valence-corrected chi connectivity index (χ4v) is 3.65. The normalized spacial score (nSPS) is 39.8. The van der Waals surface area contributed by atoms with Crippen LogP contribution in [0.1, 0.15) is 45.4 Å². The van der Waals surface area contributed by atoms with Gasteiger partial charge in [-0.2, -0.15) is 0 Å². The van der Waals surface area contributed by atoms with Crippen molar-refractivity contribution >= 4 is 11.7 Å². The topological polar surface area (TPSA) is 58.9 Å². The number of hydrogen-bond acceptors (Lipinski definition) is 4. The van der Waals surface area contributed by atoms with Crippen molar-refractivity contribution in [3.05, 3.63) is 0 Å². The molecule has 0 heterocycles. The average molecular weight is 239 g/mol. The van der Waals surface area contributed by atoms with E-state index >= 15 is 0 Å². The predicted octanol–water partition coefficient (Wildman–Crippen LogP) is 2.60. The lowest BCUT2D eigenvalue weighted by Gasteiger charge is -2.47. The molecule has 0 spiro atoms. The maximum Gasteiger partial charge on any atom is 0.308 e. The second-order valence-corrected chi connectivity index (χ2v) is 5.55. The predicted molar refractivity (Wildman–Crippen MR) is 64.0 cm³/mol. The maximum atomic E-state index is 11.7. The highest BCUT2D eigenvalue weighted by atomic mass is 16.5. The van der Waals surface area contributed by atoms with Gasteiger partial charge in [0.1, 0.15) is 0 Å². The molecular formula is C13H21NO3. The van der Waals surface area contributed by atoms with E-state index in [0.717, 1.165) is 37.8 Å². The first-order chi connectivity index (χ1) is 8.11. The van der Waals surface area contributed by atoms with E-state index in [1.807, 2.05) is 0 Å². The highest BCUT2D eigenvalue weighted by Crippen LogP contribution is 2.50. The monoisotopic (exact) mass is 239 g/mol. The van der Waals surface area contributed by atoms with Gasteiger partial charge in [0.25, 0.3) is 0 Å². The molecule has 0 unspecified atom stereocenters. The molecule has 0 aromatic carbocycles. The Hall–Kier alpha value is -1.06. The number of esters is 1. The van der Waals surface area contributed by atoms with E-state index < -0.39 is 0 Å². The number of rotatable bonds is 1. The van der Waals surface area contributed by atoms with Crippen LogP contribution >= 0.6 is 0 Å². The number of carbonyl (C=O) groups excluding carboxylic acids is 1. The van der Waals surface area contributed by atoms with E-state index in [9.17, 15) is 4.79 Å². The summed E-state index contributed by atoms with van der Waals surface area (Å²) in [4.78, 5) is 11.7. The molecule has 2 fully saturated rings. The van der Waals surface area contributed by atoms with Gasteiger partial charge in [0.2, 0.25) is 0 Å². The van der Waals surface area contributed by atoms with Crippen LogP contribution in [0.25, 0.3) is 0 Å². The SMILES string of the molecule is COC(=O)[C@@H]1CC[C@H]2CCC/C(=N\O)[C@@]2(C)C1. The van der Waals surface area contributed by atoms with Crippen LogP contribution < -0.4 is 0 Å². The van der Waals surface area contributed by atoms with Crippen molar-refractivity contribution in [2.45, 2.75) is 45.4 Å². The van der Waals surface area contributed by atoms with Gasteiger partial charge in [0, 0.05) is 5.41 Å². The standard InChI is InChI=1S/C13H21NO3/c1-13-8-9(12(15)17-2)6-7-10(13)4-3-5-11(13)14-16/h9-10,16H,3-8H2,1-2H3/b14-11+/t9-,10-,13+/m1/s1. The molecule has 0 bridgehead atoms. The molecule has 4 nitrogen and oxygen atoms in total. The van der Waals surface area contributed by atoms with Crippen LogP contribution in [0.15, 0.2) is 5.16 Å². The lowest BCUT2D eigenvalue weighted by Crippen LogP contribution is -2.45. The summed E-state index contributed by atoms with van der Waals surface area (Å²) in [5, 5.41) is 12.6. The van der Waals surface area contributed by atoms with Crippen molar-refractivity contribution in [1.82, 2.24) is 0 Å². The van der Waals surface area contributed by atoms with Gasteiger partial charge in [-0.25, -0.2) is 0 Å². The molecular weight excluding hydrogens is 218 g/mol. The number of ether oxygens (including phenoxy) is 1. The minimum Gasteiger partial charge on any atom is -0.469 e. The molecule has 2 aliphatic carbocycles. The minimum absolute atomic E-state index is 0.0314. The minimum atomic E-state index is -0.118. The van der Waals surface area contributed by atoms with Crippen LogP contribution in [0.5, 0.6) is 0 Å². The molecule has 0 radical (unpaired) electrons. The molecule has 96 valence electrons. The van der Waals surface area contributed by atoms with Crippen molar-refractivity contribution in [1.29, 1.82) is 0 Å². The van der Waals surface area contributed by atoms with Crippen molar-refractivity contribution < 1.29 is 14.7 Å². The summed E-state index contributed by atoms with van der Waals surface area (Å²) in [5.41, 5.74) is 0.770. The summed E-state index contributed by atoms with van der Waals surface area (Å²) in [7, 11) is 1.44. The molecule has 1 N–H and O–H groups in total. The molecule has 2 rings (SSSR count). The fourth-order valence-electron chi connectivity index (χ4n) is 3.65. The molecule has 2 aliphatic rings. The fraction of sp³-hybridized carbons (Fsp3) is 0.846. The lowest BCUT2D eigenvalue weighted by molar-refractivity contribution is -0.148. The van der Waals surface area contributed by atoms with Crippen LogP contribution in [0.3, 0.4) is 0 Å². The smallest absolute Gasteiger partial charge is 0.308 e. The zero-order valence-electron chi connectivity index (χ0n) is 10.6. The summed E-state index contributed by atoms with van der Waals surface area (Å²) >= 11 is 0. The highest BCUT2D eigenvalue weighted by molar-refractivity contribution is 5.91. The van der Waals surface area contributed by atoms with Gasteiger partial charge >= 0.3 is 5.97 Å². The van der Waals surface area contributed by atoms with Crippen LogP contribution in [-0.2, 0) is 9.53 Å². The molecule has 2 saturated carbocycles. The summed E-state index contributed by atoms with van der Waals surface area (Å²) in [6.45, 7) is 2.14. The molecule has 0 amide bonds. The van der Waals surface area contributed by atoms with Crippen molar-refractivity contribution in [3.63, 3.8) is 0 Å². The Balaban J connectivity index is 2.20. The molecule has 0 aromatic heterocycles. The second-order valence-electron chi connectivity index (χ2n) is 5.55. The van der Waals surface area contributed by atoms with Gasteiger partial charge in [-0.15, -0.1) is 0 Å². The van der Waals surface area contributed by atoms with E-state index in [1.165, 1.54) is 13.5 Å². The van der Waals surface area contributed by atoms with E-state index in [2.05, 4.69) is 12.1 Å². The number of carbonyl (C=O) groups is 1. The van der Waals surface area contributed by atoms with E-state index in [1.54, 1.807) is 0 Å². The van der Waals surface area contributed by atoms with Crippen molar-refractivity contribution in [2.75, 3.05) is 7.11 Å². The van der Waals surface area contributed by atoms with Gasteiger partial charge in [0.15, 0.2) is 0 Å². The van der Waals surface area contributed by atoms with E-state index in [4.69, 9.17) is 9.94 Å². The quantitative estimate of drug-likeness (QED) is 0.434. The summed E-state index contributed by atoms with van der Waals surface area (Å²) in [5.74, 6) is 0.409. The number of nitrogens with zero attached hydrogens (tertiary/aromatic N) is 1. The van der Waals surface area contributed by atoms with Crippen LogP contribution in [0.4, 0.5) is 0 Å². The molecule has 4 heteroatoms. The van der Waals surface area contributed by atoms with Crippen LogP contribution in [-0.4, -0.2) is 24.0 Å². The first-order valence-corrected chi connectivity index (χ1v) is 6.41. The first kappa shape index (κ1) is 12.4. The summed E-state index contributed by atoms with van der Waals surface area (Å²) in [6, 6.07) is 0. The van der Waals surface area contributed by atoms with Crippen molar-refractivity contribution in [2.24, 2.45) is 22.4 Å². The number of methoxy groups -OCH3 is 1. The van der Waals surface area contributed by atoms with Gasteiger partial charge in [-0.3, -0.25) is 4.79 Å². The number of hydrogen-bond donors (Lipinski definition) is 1. The first-order valence-electron chi connectivity index (χ1n) is 6.41. The summed E-state index contributed by atoms with van der Waals surface area (Å²) in [6.07, 6.45) is 5.86. The van der Waals surface area contributed by atoms with Crippen LogP contribution in [0, 0.1) is 17.3 Å². The third kappa shape index (κ3) is 2.05. The van der Waals surface area contributed by atoms with Crippen molar-refractivity contribution in [3.8, 4) is 0 Å². The average Bonchev–Trinajstić information content (AvgIpc) is 2.35. The summed E-state index contributed by atoms with van der Waals surface area (Å²) < 4.78 is 4.84. The zero-order chi connectivity index (χ0) is 12.5. The van der Waals surface area contributed by atoms with Crippen LogP contribution in [0.2, 0.25) is 0 Å². The molecule has 3 atom stereocenters. The third-order valence-electron chi connectivity index (χ3n) is 4.72. The van der Waals surface area contributed by atoms with E-state index in [-0.39, 0.29) is 17.3 Å². The van der Waals surface area contributed by atoms with Gasteiger partial charge < -0.3 is 9.94 Å². The Labute approximate surface area is 102 Å². The zero-order valence-corrected chi connectivity index (χ0v) is 10.6. The second kappa shape index (κ2) is 4.67. The Kier molecular flexibility index (Phi) is 3.40. The number of fused-ring (bicyclic) bond motifs is 1. The highest BCUT2D eigenvalue weighted by Gasteiger charge is 2.47. The van der Waals surface area contributed by atoms with Gasteiger partial charge in [-0.05, 0) is 44.4 Å². The Morgan fingerprint density at radius 1 is 1.47 bits per heavy atom. The lowest BCUT2D eigenvalue weighted by atomic mass is 9.57. The Morgan fingerprint density at radius 3 is 2.88 bits per heavy atom. The number of oxime groups is 1. The van der Waals surface area contributed by atoms with Gasteiger partial charge in [-0.1, -0.05) is 12.1 Å². The Bertz CT molecular complexity index is 340. The van der Waals surface area contributed by atoms with Gasteiger partial charge in [0.05, 0.1) is 18.7 Å². The molecule has 0 aliphatic heterocycles. The molecule has 17 heavy (non-hydrogen) atoms. The molecule has 0 aromatic rings.